The highest BCUT2D eigenvalue weighted by molar-refractivity contribution is 7.98. The molecule has 0 radical (unpaired) electrons. The van der Waals surface area contributed by atoms with Crippen LogP contribution < -0.4 is 4.90 Å². The number of aliphatic hydroxyl groups is 1. The fraction of sp³-hybridized carbons (Fsp3) is 0.333. The minimum atomic E-state index is 0.0221. The lowest BCUT2D eigenvalue weighted by atomic mass is 10.0. The third-order valence-corrected chi connectivity index (χ3v) is 5.32. The number of thiazole rings is 1. The average molecular weight is 320 g/mol. The van der Waals surface area contributed by atoms with Crippen LogP contribution in [0.2, 0.25) is 0 Å². The highest BCUT2D eigenvalue weighted by Gasteiger charge is 2.28. The van der Waals surface area contributed by atoms with Crippen LogP contribution in [0.25, 0.3) is 0 Å². The number of aromatic nitrogens is 1. The van der Waals surface area contributed by atoms with Crippen LogP contribution in [0.5, 0.6) is 0 Å². The molecule has 0 spiro atoms. The van der Waals surface area contributed by atoms with Gasteiger partial charge in [-0.2, -0.15) is 0 Å². The van der Waals surface area contributed by atoms with E-state index in [1.54, 1.807) is 18.0 Å². The molecule has 0 amide bonds. The van der Waals surface area contributed by atoms with E-state index in [0.29, 0.717) is 16.4 Å². The number of ketones is 1. The van der Waals surface area contributed by atoms with Gasteiger partial charge in [-0.05, 0) is 18.4 Å². The Balaban J connectivity index is 1.75. The maximum Gasteiger partial charge on any atom is 0.204 e. The predicted molar refractivity (Wildman–Crippen MR) is 86.6 cm³/mol. The minimum Gasteiger partial charge on any atom is -0.396 e. The topological polar surface area (TPSA) is 53.4 Å². The van der Waals surface area contributed by atoms with Crippen LogP contribution in [0.1, 0.15) is 15.2 Å². The van der Waals surface area contributed by atoms with Gasteiger partial charge in [0, 0.05) is 36.1 Å². The molecule has 1 fully saturated rings. The smallest absolute Gasteiger partial charge is 0.204 e. The Bertz CT molecular complexity index is 651. The van der Waals surface area contributed by atoms with E-state index in [1.165, 1.54) is 11.3 Å². The van der Waals surface area contributed by atoms with E-state index in [2.05, 4.69) is 9.88 Å². The molecule has 0 bridgehead atoms. The van der Waals surface area contributed by atoms with Crippen LogP contribution in [0.15, 0.2) is 35.4 Å². The molecule has 4 nitrogen and oxygen atoms in total. The molecule has 1 aliphatic rings. The Hall–Kier alpha value is -1.37. The highest BCUT2D eigenvalue weighted by Crippen LogP contribution is 2.30. The lowest BCUT2D eigenvalue weighted by molar-refractivity contribution is 0.104. The molecule has 0 unspecified atom stereocenters. The largest absolute Gasteiger partial charge is 0.396 e. The van der Waals surface area contributed by atoms with Crippen LogP contribution in [0.3, 0.4) is 0 Å². The number of thioether (sulfide) groups is 1. The first-order valence-electron chi connectivity index (χ1n) is 6.71. The fourth-order valence-corrected chi connectivity index (χ4v) is 3.62. The van der Waals surface area contributed by atoms with E-state index in [4.69, 9.17) is 5.11 Å². The molecule has 3 rings (SSSR count). The van der Waals surface area contributed by atoms with Gasteiger partial charge < -0.3 is 10.0 Å². The molecular formula is C15H16N2O2S2. The molecule has 0 atom stereocenters. The number of hydrogen-bond acceptors (Lipinski definition) is 6. The molecule has 2 aromatic rings. The summed E-state index contributed by atoms with van der Waals surface area (Å²) >= 11 is 3.05. The van der Waals surface area contributed by atoms with Crippen LogP contribution in [0, 0.1) is 5.92 Å². The van der Waals surface area contributed by atoms with Crippen molar-refractivity contribution < 1.29 is 9.90 Å². The molecule has 6 heteroatoms. The van der Waals surface area contributed by atoms with E-state index in [-0.39, 0.29) is 12.4 Å². The number of aliphatic hydroxyl groups excluding tert-OH is 1. The summed E-state index contributed by atoms with van der Waals surface area (Å²) in [5.74, 6) is 0.361. The quantitative estimate of drug-likeness (QED) is 0.678. The van der Waals surface area contributed by atoms with E-state index in [1.807, 2.05) is 30.5 Å². The summed E-state index contributed by atoms with van der Waals surface area (Å²) in [5.41, 5.74) is 0.703. The van der Waals surface area contributed by atoms with Gasteiger partial charge in [0.1, 0.15) is 0 Å². The first-order valence-corrected chi connectivity index (χ1v) is 8.75. The Kier molecular flexibility index (Phi) is 4.28. The van der Waals surface area contributed by atoms with E-state index >= 15 is 0 Å². The van der Waals surface area contributed by atoms with E-state index in [0.717, 1.165) is 23.1 Å². The third-order valence-electron chi connectivity index (χ3n) is 3.54. The van der Waals surface area contributed by atoms with E-state index in [9.17, 15) is 4.79 Å². The second kappa shape index (κ2) is 6.17. The molecular weight excluding hydrogens is 304 g/mol. The zero-order valence-corrected chi connectivity index (χ0v) is 13.3. The predicted octanol–water partition coefficient (Wildman–Crippen LogP) is 2.52. The Morgan fingerprint density at radius 2 is 2.33 bits per heavy atom. The molecule has 110 valence electrons. The SMILES string of the molecule is CSc1cccc(C(=O)c2cnc(N3CC(CO)C3)s2)c1. The normalized spacial score (nSPS) is 15.0. The van der Waals surface area contributed by atoms with Crippen LogP contribution in [-0.2, 0) is 0 Å². The maximum atomic E-state index is 12.5. The minimum absolute atomic E-state index is 0.0221. The number of anilines is 1. The molecule has 1 aromatic carbocycles. The van der Waals surface area contributed by atoms with Crippen molar-refractivity contribution in [2.75, 3.05) is 30.9 Å². The van der Waals surface area contributed by atoms with Gasteiger partial charge >= 0.3 is 0 Å². The monoisotopic (exact) mass is 320 g/mol. The summed E-state index contributed by atoms with van der Waals surface area (Å²) in [6, 6.07) is 7.65. The van der Waals surface area contributed by atoms with Crippen molar-refractivity contribution in [1.29, 1.82) is 0 Å². The first-order chi connectivity index (χ1) is 10.2. The van der Waals surface area contributed by atoms with Gasteiger partial charge in [0.15, 0.2) is 5.13 Å². The van der Waals surface area contributed by atoms with Crippen molar-refractivity contribution in [1.82, 2.24) is 4.98 Å². The number of hydrogen-bond donors (Lipinski definition) is 1. The van der Waals surface area contributed by atoms with Crippen molar-refractivity contribution in [3.63, 3.8) is 0 Å². The second-order valence-electron chi connectivity index (χ2n) is 5.02. The fourth-order valence-electron chi connectivity index (χ4n) is 2.26. The molecule has 0 saturated carbocycles. The third kappa shape index (κ3) is 2.97. The number of nitrogens with zero attached hydrogens (tertiary/aromatic N) is 2. The van der Waals surface area contributed by atoms with Crippen molar-refractivity contribution in [2.45, 2.75) is 4.90 Å². The molecule has 1 aliphatic heterocycles. The van der Waals surface area contributed by atoms with Crippen LogP contribution in [0.4, 0.5) is 5.13 Å². The highest BCUT2D eigenvalue weighted by atomic mass is 32.2. The van der Waals surface area contributed by atoms with Crippen LogP contribution in [-0.4, -0.2) is 41.8 Å². The zero-order chi connectivity index (χ0) is 14.8. The van der Waals surface area contributed by atoms with Gasteiger partial charge in [-0.1, -0.05) is 23.5 Å². The van der Waals surface area contributed by atoms with Gasteiger partial charge in [-0.15, -0.1) is 11.8 Å². The summed E-state index contributed by atoms with van der Waals surface area (Å²) in [4.78, 5) is 20.7. The van der Waals surface area contributed by atoms with Gasteiger partial charge in [0.05, 0.1) is 11.1 Å². The molecule has 0 aliphatic carbocycles. The van der Waals surface area contributed by atoms with Crippen LogP contribution >= 0.6 is 23.1 Å². The van der Waals surface area contributed by atoms with Gasteiger partial charge in [0.25, 0.3) is 0 Å². The summed E-state index contributed by atoms with van der Waals surface area (Å²) in [7, 11) is 0. The summed E-state index contributed by atoms with van der Waals surface area (Å²) in [5, 5.41) is 9.91. The van der Waals surface area contributed by atoms with Crippen molar-refractivity contribution >= 4 is 34.0 Å². The van der Waals surface area contributed by atoms with Gasteiger partial charge in [-0.25, -0.2) is 4.98 Å². The number of carbonyl (C=O) groups is 1. The van der Waals surface area contributed by atoms with Crippen molar-refractivity contribution in [2.24, 2.45) is 5.92 Å². The number of benzene rings is 1. The van der Waals surface area contributed by atoms with E-state index < -0.39 is 0 Å². The first kappa shape index (κ1) is 14.6. The average Bonchev–Trinajstić information content (AvgIpc) is 2.95. The Morgan fingerprint density at radius 1 is 1.52 bits per heavy atom. The molecule has 1 aromatic heterocycles. The zero-order valence-electron chi connectivity index (χ0n) is 11.7. The van der Waals surface area contributed by atoms with Crippen molar-refractivity contribution in [3.8, 4) is 0 Å². The lowest BCUT2D eigenvalue weighted by Crippen LogP contribution is -2.48. The number of carbonyl (C=O) groups excluding carboxylic acids is 1. The molecule has 1 N–H and O–H groups in total. The molecule has 1 saturated heterocycles. The molecule has 21 heavy (non-hydrogen) atoms. The summed E-state index contributed by atoms with van der Waals surface area (Å²) in [6.45, 7) is 1.86. The summed E-state index contributed by atoms with van der Waals surface area (Å²) in [6.07, 6.45) is 3.65. The van der Waals surface area contributed by atoms with Gasteiger partial charge in [-0.3, -0.25) is 4.79 Å². The lowest BCUT2D eigenvalue weighted by Gasteiger charge is -2.37. The Labute approximate surface area is 131 Å². The van der Waals surface area contributed by atoms with Gasteiger partial charge in [0.2, 0.25) is 5.78 Å². The Morgan fingerprint density at radius 3 is 3.05 bits per heavy atom. The standard InChI is InChI=1S/C15H16N2O2S2/c1-20-12-4-2-3-11(5-12)14(19)13-6-16-15(21-13)17-7-10(8-17)9-18/h2-6,10,18H,7-9H2,1H3. The molecule has 2 heterocycles. The second-order valence-corrected chi connectivity index (χ2v) is 6.91. The maximum absolute atomic E-state index is 12.5. The number of rotatable bonds is 5. The van der Waals surface area contributed by atoms with Crippen molar-refractivity contribution in [3.05, 3.63) is 40.9 Å². The summed E-state index contributed by atoms with van der Waals surface area (Å²) < 4.78 is 0.